The minimum Gasteiger partial charge on any atom is -0.316 e. The standard InChI is InChI=1S/C17H18N4OS.CH4/c22-17-15-14(20-16(21-17)13-5-1-2-7-19-13)12(10-23-15)8-11-4-3-6-18-9-11;/h1-2,5,7,10-11,18H,3-4,6,8-9H2,(H,20,21,22);1H4. The summed E-state index contributed by atoms with van der Waals surface area (Å²) >= 11 is 1.49. The molecule has 1 unspecified atom stereocenters. The van der Waals surface area contributed by atoms with Crippen LogP contribution in [0.3, 0.4) is 0 Å². The summed E-state index contributed by atoms with van der Waals surface area (Å²) in [6.45, 7) is 2.16. The molecule has 2 N–H and O–H groups in total. The van der Waals surface area contributed by atoms with Gasteiger partial charge >= 0.3 is 0 Å². The second-order valence-corrected chi connectivity index (χ2v) is 6.86. The Morgan fingerprint density at radius 2 is 2.25 bits per heavy atom. The highest BCUT2D eigenvalue weighted by atomic mass is 32.1. The molecule has 6 heteroatoms. The molecule has 0 bridgehead atoms. The number of aromatic nitrogens is 3. The van der Waals surface area contributed by atoms with Gasteiger partial charge in [-0.05, 0) is 61.3 Å². The predicted octanol–water partition coefficient (Wildman–Crippen LogP) is 3.22. The molecule has 0 spiro atoms. The second kappa shape index (κ2) is 7.23. The molecule has 3 aromatic rings. The predicted molar refractivity (Wildman–Crippen MR) is 99.5 cm³/mol. The van der Waals surface area contributed by atoms with Gasteiger partial charge in [0.25, 0.3) is 5.56 Å². The third kappa shape index (κ3) is 3.25. The molecule has 1 saturated heterocycles. The Morgan fingerprint density at radius 1 is 1.33 bits per heavy atom. The van der Waals surface area contributed by atoms with Crippen LogP contribution in [0.15, 0.2) is 34.6 Å². The van der Waals surface area contributed by atoms with E-state index in [1.54, 1.807) is 6.20 Å². The highest BCUT2D eigenvalue weighted by Crippen LogP contribution is 2.27. The maximum Gasteiger partial charge on any atom is 0.269 e. The number of nitrogens with zero attached hydrogens (tertiary/aromatic N) is 2. The molecule has 0 aromatic carbocycles. The van der Waals surface area contributed by atoms with Gasteiger partial charge in [-0.15, -0.1) is 11.3 Å². The number of fused-ring (bicyclic) bond motifs is 1. The van der Waals surface area contributed by atoms with Crippen molar-refractivity contribution in [2.75, 3.05) is 13.1 Å². The van der Waals surface area contributed by atoms with Crippen LogP contribution in [-0.4, -0.2) is 28.0 Å². The SMILES string of the molecule is C.O=c1[nH]c(-c2ccccn2)nc2c(CC3CCCNC3)csc12. The molecule has 3 aromatic heterocycles. The summed E-state index contributed by atoms with van der Waals surface area (Å²) in [5, 5.41) is 5.54. The number of hydrogen-bond acceptors (Lipinski definition) is 5. The van der Waals surface area contributed by atoms with Gasteiger partial charge in [0.15, 0.2) is 5.82 Å². The molecule has 1 fully saturated rings. The molecule has 24 heavy (non-hydrogen) atoms. The number of nitrogens with one attached hydrogen (secondary N) is 2. The summed E-state index contributed by atoms with van der Waals surface area (Å²) in [7, 11) is 0. The summed E-state index contributed by atoms with van der Waals surface area (Å²) in [6.07, 6.45) is 5.15. The zero-order valence-corrected chi connectivity index (χ0v) is 13.5. The highest BCUT2D eigenvalue weighted by Gasteiger charge is 2.18. The fourth-order valence-corrected chi connectivity index (χ4v) is 4.07. The van der Waals surface area contributed by atoms with E-state index in [-0.39, 0.29) is 13.0 Å². The topological polar surface area (TPSA) is 70.7 Å². The Hall–Kier alpha value is -2.05. The van der Waals surface area contributed by atoms with Crippen LogP contribution in [0.25, 0.3) is 21.7 Å². The van der Waals surface area contributed by atoms with Gasteiger partial charge in [-0.1, -0.05) is 13.5 Å². The van der Waals surface area contributed by atoms with E-state index in [4.69, 9.17) is 4.98 Å². The molecule has 5 nitrogen and oxygen atoms in total. The molecule has 4 rings (SSSR count). The Bertz CT molecular complexity index is 866. The van der Waals surface area contributed by atoms with E-state index in [0.717, 1.165) is 25.0 Å². The van der Waals surface area contributed by atoms with Gasteiger partial charge < -0.3 is 10.3 Å². The summed E-state index contributed by atoms with van der Waals surface area (Å²) in [5.41, 5.74) is 2.64. The monoisotopic (exact) mass is 342 g/mol. The zero-order valence-electron chi connectivity index (χ0n) is 12.7. The van der Waals surface area contributed by atoms with Crippen LogP contribution >= 0.6 is 11.3 Å². The van der Waals surface area contributed by atoms with Crippen LogP contribution in [-0.2, 0) is 6.42 Å². The number of hydrogen-bond donors (Lipinski definition) is 2. The van der Waals surface area contributed by atoms with Crippen molar-refractivity contribution in [1.82, 2.24) is 20.3 Å². The van der Waals surface area contributed by atoms with Crippen LogP contribution in [0.4, 0.5) is 0 Å². The number of H-pyrrole nitrogens is 1. The smallest absolute Gasteiger partial charge is 0.269 e. The van der Waals surface area contributed by atoms with Gasteiger partial charge in [-0.25, -0.2) is 4.98 Å². The van der Waals surface area contributed by atoms with Gasteiger partial charge in [-0.3, -0.25) is 9.78 Å². The van der Waals surface area contributed by atoms with Crippen LogP contribution in [0.5, 0.6) is 0 Å². The molecule has 0 saturated carbocycles. The number of piperidine rings is 1. The molecule has 0 aliphatic carbocycles. The van der Waals surface area contributed by atoms with Crippen LogP contribution in [0.2, 0.25) is 0 Å². The minimum absolute atomic E-state index is 0. The van der Waals surface area contributed by atoms with E-state index in [9.17, 15) is 4.79 Å². The lowest BCUT2D eigenvalue weighted by molar-refractivity contribution is 0.377. The first-order chi connectivity index (χ1) is 11.3. The van der Waals surface area contributed by atoms with E-state index in [1.165, 1.54) is 29.7 Å². The zero-order chi connectivity index (χ0) is 15.6. The van der Waals surface area contributed by atoms with E-state index >= 15 is 0 Å². The van der Waals surface area contributed by atoms with Crippen molar-refractivity contribution >= 4 is 21.6 Å². The van der Waals surface area contributed by atoms with Gasteiger partial charge in [0, 0.05) is 6.20 Å². The maximum absolute atomic E-state index is 12.4. The average molecular weight is 342 g/mol. The van der Waals surface area contributed by atoms with Crippen molar-refractivity contribution < 1.29 is 0 Å². The lowest BCUT2D eigenvalue weighted by Gasteiger charge is -2.22. The average Bonchev–Trinajstić information content (AvgIpc) is 3.00. The van der Waals surface area contributed by atoms with Crippen LogP contribution in [0, 0.1) is 5.92 Å². The molecule has 126 valence electrons. The van der Waals surface area contributed by atoms with Crippen molar-refractivity contribution in [1.29, 1.82) is 0 Å². The lowest BCUT2D eigenvalue weighted by Crippen LogP contribution is -2.30. The number of aromatic amines is 1. The Labute approximate surface area is 145 Å². The van der Waals surface area contributed by atoms with Crippen molar-refractivity contribution in [3.8, 4) is 11.5 Å². The molecule has 0 radical (unpaired) electrons. The molecule has 1 aliphatic heterocycles. The Kier molecular flexibility index (Phi) is 5.06. The van der Waals surface area contributed by atoms with Gasteiger partial charge in [-0.2, -0.15) is 0 Å². The summed E-state index contributed by atoms with van der Waals surface area (Å²) in [4.78, 5) is 24.2. The fraction of sp³-hybridized carbons (Fsp3) is 0.389. The third-order valence-electron chi connectivity index (χ3n) is 4.32. The molecular weight excluding hydrogens is 320 g/mol. The molecular formula is C18H22N4OS. The highest BCUT2D eigenvalue weighted by molar-refractivity contribution is 7.17. The van der Waals surface area contributed by atoms with Crippen molar-refractivity contribution in [3.05, 3.63) is 45.7 Å². The summed E-state index contributed by atoms with van der Waals surface area (Å²) in [6, 6.07) is 5.61. The van der Waals surface area contributed by atoms with E-state index in [0.29, 0.717) is 22.1 Å². The first kappa shape index (κ1) is 16.8. The fourth-order valence-electron chi connectivity index (χ4n) is 3.15. The first-order valence-electron chi connectivity index (χ1n) is 7.94. The van der Waals surface area contributed by atoms with E-state index < -0.39 is 0 Å². The van der Waals surface area contributed by atoms with Crippen LogP contribution in [0.1, 0.15) is 25.8 Å². The molecule has 1 atom stereocenters. The number of rotatable bonds is 3. The molecule has 4 heterocycles. The third-order valence-corrected chi connectivity index (χ3v) is 5.33. The summed E-state index contributed by atoms with van der Waals surface area (Å²) in [5.74, 6) is 1.17. The molecule has 1 aliphatic rings. The van der Waals surface area contributed by atoms with Gasteiger partial charge in [0.2, 0.25) is 0 Å². The van der Waals surface area contributed by atoms with Crippen molar-refractivity contribution in [3.63, 3.8) is 0 Å². The van der Waals surface area contributed by atoms with E-state index in [2.05, 4.69) is 20.7 Å². The minimum atomic E-state index is -0.0753. The first-order valence-corrected chi connectivity index (χ1v) is 8.82. The quantitative estimate of drug-likeness (QED) is 0.767. The Balaban J connectivity index is 0.00000169. The Morgan fingerprint density at radius 3 is 3.00 bits per heavy atom. The van der Waals surface area contributed by atoms with Crippen molar-refractivity contribution in [2.45, 2.75) is 26.7 Å². The van der Waals surface area contributed by atoms with Gasteiger partial charge in [0.05, 0.1) is 5.52 Å². The number of pyridine rings is 1. The van der Waals surface area contributed by atoms with Gasteiger partial charge in [0.1, 0.15) is 10.4 Å². The molecule has 0 amide bonds. The maximum atomic E-state index is 12.4. The van der Waals surface area contributed by atoms with Crippen molar-refractivity contribution in [2.24, 2.45) is 5.92 Å². The largest absolute Gasteiger partial charge is 0.316 e. The second-order valence-electron chi connectivity index (χ2n) is 5.98. The lowest BCUT2D eigenvalue weighted by atomic mass is 9.93. The van der Waals surface area contributed by atoms with E-state index in [1.807, 2.05) is 18.2 Å². The van der Waals surface area contributed by atoms with Crippen LogP contribution < -0.4 is 10.9 Å². The normalized spacial score (nSPS) is 17.6. The summed E-state index contributed by atoms with van der Waals surface area (Å²) < 4.78 is 0.712. The number of thiophene rings is 1.